The van der Waals surface area contributed by atoms with Crippen molar-refractivity contribution in [2.24, 2.45) is 5.92 Å². The van der Waals surface area contributed by atoms with E-state index in [2.05, 4.69) is 25.6 Å². The third kappa shape index (κ3) is 3.75. The van der Waals surface area contributed by atoms with Gasteiger partial charge < -0.3 is 5.32 Å². The molecule has 3 heterocycles. The zero-order valence-corrected chi connectivity index (χ0v) is 13.2. The van der Waals surface area contributed by atoms with E-state index in [0.717, 1.165) is 11.3 Å². The van der Waals surface area contributed by atoms with E-state index in [0.29, 0.717) is 17.4 Å². The number of H-pyrrole nitrogens is 1. The minimum atomic E-state index is -0.271. The lowest BCUT2D eigenvalue weighted by atomic mass is 10.1. The molecule has 0 fully saturated rings. The van der Waals surface area contributed by atoms with Gasteiger partial charge in [0.1, 0.15) is 0 Å². The first-order valence-corrected chi connectivity index (χ1v) is 7.44. The number of hydrogen-bond acceptors (Lipinski definition) is 4. The number of anilines is 1. The maximum absolute atomic E-state index is 12.2. The van der Waals surface area contributed by atoms with Crippen molar-refractivity contribution < 1.29 is 4.79 Å². The molecule has 3 aromatic rings. The molecule has 0 saturated carbocycles. The van der Waals surface area contributed by atoms with Crippen molar-refractivity contribution in [3.8, 4) is 11.3 Å². The molecule has 0 spiro atoms. The number of hydrogen-bond donors (Lipinski definition) is 2. The summed E-state index contributed by atoms with van der Waals surface area (Å²) in [6, 6.07) is 5.51. The fourth-order valence-electron chi connectivity index (χ4n) is 2.12. The summed E-state index contributed by atoms with van der Waals surface area (Å²) in [6.45, 7) is 2.27. The Kier molecular flexibility index (Phi) is 4.38. The summed E-state index contributed by atoms with van der Waals surface area (Å²) < 4.78 is 1.64. The van der Waals surface area contributed by atoms with E-state index in [9.17, 15) is 4.79 Å². The van der Waals surface area contributed by atoms with Crippen LogP contribution >= 0.6 is 11.6 Å². The molecule has 7 nitrogen and oxygen atoms in total. The first-order valence-electron chi connectivity index (χ1n) is 7.06. The molecule has 0 saturated heterocycles. The van der Waals surface area contributed by atoms with Gasteiger partial charge in [0, 0.05) is 30.2 Å². The summed E-state index contributed by atoms with van der Waals surface area (Å²) in [7, 11) is 0. The molecule has 0 aromatic carbocycles. The molecule has 1 amide bonds. The smallest absolute Gasteiger partial charge is 0.230 e. The van der Waals surface area contributed by atoms with Crippen molar-refractivity contribution in [3.05, 3.63) is 48.0 Å². The molecule has 23 heavy (non-hydrogen) atoms. The molecule has 118 valence electrons. The molecule has 0 bridgehead atoms. The van der Waals surface area contributed by atoms with Crippen LogP contribution in [0.5, 0.6) is 0 Å². The SMILES string of the molecule is CC(Cn1cc(Cl)cn1)C(=O)Nc1cc(-c2ccncc2)[nH]n1. The number of halogens is 1. The summed E-state index contributed by atoms with van der Waals surface area (Å²) in [5.41, 5.74) is 1.77. The third-order valence-corrected chi connectivity index (χ3v) is 3.53. The largest absolute Gasteiger partial charge is 0.309 e. The summed E-state index contributed by atoms with van der Waals surface area (Å²) in [5.74, 6) is 0.0728. The van der Waals surface area contributed by atoms with Crippen LogP contribution in [0.4, 0.5) is 5.82 Å². The molecule has 0 radical (unpaired) electrons. The van der Waals surface area contributed by atoms with E-state index < -0.39 is 0 Å². The summed E-state index contributed by atoms with van der Waals surface area (Å²) in [4.78, 5) is 16.2. The van der Waals surface area contributed by atoms with Crippen LogP contribution in [0.25, 0.3) is 11.3 Å². The average Bonchev–Trinajstić information content (AvgIpc) is 3.17. The number of pyridine rings is 1. The highest BCUT2D eigenvalue weighted by Gasteiger charge is 2.16. The van der Waals surface area contributed by atoms with Crippen LogP contribution < -0.4 is 5.32 Å². The van der Waals surface area contributed by atoms with E-state index in [-0.39, 0.29) is 11.8 Å². The first-order chi connectivity index (χ1) is 11.1. The van der Waals surface area contributed by atoms with Crippen molar-refractivity contribution in [1.82, 2.24) is 25.0 Å². The number of aromatic amines is 1. The van der Waals surface area contributed by atoms with E-state index >= 15 is 0 Å². The maximum atomic E-state index is 12.2. The normalized spacial score (nSPS) is 12.1. The number of rotatable bonds is 5. The van der Waals surface area contributed by atoms with Gasteiger partial charge in [-0.05, 0) is 12.1 Å². The summed E-state index contributed by atoms with van der Waals surface area (Å²) >= 11 is 5.81. The third-order valence-electron chi connectivity index (χ3n) is 3.33. The first kappa shape index (κ1) is 15.2. The van der Waals surface area contributed by atoms with Crippen molar-refractivity contribution >= 4 is 23.3 Å². The number of aromatic nitrogens is 5. The maximum Gasteiger partial charge on any atom is 0.230 e. The quantitative estimate of drug-likeness (QED) is 0.752. The Morgan fingerprint density at radius 1 is 1.43 bits per heavy atom. The van der Waals surface area contributed by atoms with Crippen molar-refractivity contribution in [2.75, 3.05) is 5.32 Å². The van der Waals surface area contributed by atoms with Crippen molar-refractivity contribution in [1.29, 1.82) is 0 Å². The Bertz CT molecular complexity index is 797. The van der Waals surface area contributed by atoms with Gasteiger partial charge >= 0.3 is 0 Å². The molecule has 3 aromatic heterocycles. The van der Waals surface area contributed by atoms with Crippen LogP contribution in [0.15, 0.2) is 43.0 Å². The second-order valence-corrected chi connectivity index (χ2v) is 5.61. The molecule has 0 aliphatic heterocycles. The predicted octanol–water partition coefficient (Wildman–Crippen LogP) is 2.60. The lowest BCUT2D eigenvalue weighted by Crippen LogP contribution is -2.24. The summed E-state index contributed by atoms with van der Waals surface area (Å²) in [6.07, 6.45) is 6.62. The minimum Gasteiger partial charge on any atom is -0.309 e. The Labute approximate surface area is 137 Å². The van der Waals surface area contributed by atoms with Crippen LogP contribution in [0.3, 0.4) is 0 Å². The molecular weight excluding hydrogens is 316 g/mol. The fourth-order valence-corrected chi connectivity index (χ4v) is 2.27. The van der Waals surface area contributed by atoms with Crippen LogP contribution in [0.1, 0.15) is 6.92 Å². The average molecular weight is 331 g/mol. The van der Waals surface area contributed by atoms with E-state index in [1.807, 2.05) is 19.1 Å². The zero-order chi connectivity index (χ0) is 16.2. The number of carbonyl (C=O) groups excluding carboxylic acids is 1. The van der Waals surface area contributed by atoms with Gasteiger partial charge in [-0.25, -0.2) is 0 Å². The Morgan fingerprint density at radius 3 is 2.91 bits per heavy atom. The Hall–Kier alpha value is -2.67. The van der Waals surface area contributed by atoms with Crippen LogP contribution in [0, 0.1) is 5.92 Å². The van der Waals surface area contributed by atoms with Gasteiger partial charge in [-0.1, -0.05) is 18.5 Å². The Morgan fingerprint density at radius 2 is 2.22 bits per heavy atom. The fraction of sp³-hybridized carbons (Fsp3) is 0.200. The second-order valence-electron chi connectivity index (χ2n) is 5.17. The molecule has 3 rings (SSSR count). The molecule has 1 unspecified atom stereocenters. The van der Waals surface area contributed by atoms with E-state index in [1.165, 1.54) is 0 Å². The molecule has 0 aliphatic carbocycles. The van der Waals surface area contributed by atoms with Gasteiger partial charge in [0.15, 0.2) is 5.82 Å². The molecular formula is C15H15ClN6O. The summed E-state index contributed by atoms with van der Waals surface area (Å²) in [5, 5.41) is 14.4. The topological polar surface area (TPSA) is 88.5 Å². The predicted molar refractivity (Wildman–Crippen MR) is 86.8 cm³/mol. The molecule has 8 heteroatoms. The van der Waals surface area contributed by atoms with E-state index in [1.54, 1.807) is 35.5 Å². The number of nitrogens with zero attached hydrogens (tertiary/aromatic N) is 4. The number of carbonyl (C=O) groups is 1. The standard InChI is InChI=1S/C15H15ClN6O/c1-10(8-22-9-12(16)7-18-22)15(23)19-14-6-13(20-21-14)11-2-4-17-5-3-11/h2-7,9-10H,8H2,1H3,(H2,19,20,21,23). The van der Waals surface area contributed by atoms with Gasteiger partial charge in [-0.3, -0.25) is 19.6 Å². The number of nitrogens with one attached hydrogen (secondary N) is 2. The lowest BCUT2D eigenvalue weighted by Gasteiger charge is -2.10. The minimum absolute atomic E-state index is 0.135. The van der Waals surface area contributed by atoms with Crippen molar-refractivity contribution in [2.45, 2.75) is 13.5 Å². The highest BCUT2D eigenvalue weighted by atomic mass is 35.5. The number of amides is 1. The highest BCUT2D eigenvalue weighted by Crippen LogP contribution is 2.19. The van der Waals surface area contributed by atoms with Gasteiger partial charge in [0.05, 0.1) is 29.4 Å². The van der Waals surface area contributed by atoms with E-state index in [4.69, 9.17) is 11.6 Å². The van der Waals surface area contributed by atoms with Crippen molar-refractivity contribution in [3.63, 3.8) is 0 Å². The molecule has 0 aliphatic rings. The van der Waals surface area contributed by atoms with Crippen LogP contribution in [0.2, 0.25) is 5.02 Å². The molecule has 1 atom stereocenters. The van der Waals surface area contributed by atoms with Crippen LogP contribution in [-0.4, -0.2) is 30.9 Å². The van der Waals surface area contributed by atoms with Crippen LogP contribution in [-0.2, 0) is 11.3 Å². The van der Waals surface area contributed by atoms with Gasteiger partial charge in [0.25, 0.3) is 0 Å². The lowest BCUT2D eigenvalue weighted by molar-refractivity contribution is -0.119. The van der Waals surface area contributed by atoms with Gasteiger partial charge in [-0.15, -0.1) is 0 Å². The van der Waals surface area contributed by atoms with Gasteiger partial charge in [-0.2, -0.15) is 10.2 Å². The monoisotopic (exact) mass is 330 g/mol. The Balaban J connectivity index is 1.63. The highest BCUT2D eigenvalue weighted by molar-refractivity contribution is 6.30. The van der Waals surface area contributed by atoms with Gasteiger partial charge in [0.2, 0.25) is 5.91 Å². The zero-order valence-electron chi connectivity index (χ0n) is 12.4. The molecule has 2 N–H and O–H groups in total. The second kappa shape index (κ2) is 6.62.